The number of carbonyl (C=O) groups is 1. The van der Waals surface area contributed by atoms with Gasteiger partial charge in [0.25, 0.3) is 5.56 Å². The van der Waals surface area contributed by atoms with Crippen LogP contribution >= 0.6 is 0 Å². The van der Waals surface area contributed by atoms with Crippen molar-refractivity contribution in [1.29, 1.82) is 0 Å². The number of aromatic nitrogens is 2. The Morgan fingerprint density at radius 1 is 1.21 bits per heavy atom. The number of nitrogens with one attached hydrogen (secondary N) is 1. The predicted molar refractivity (Wildman–Crippen MR) is 119 cm³/mol. The smallest absolute Gasteiger partial charge is 0.744 e. The SMILES string of the molecule is Cc1[nH]n(-c2ccc(S(=O)(=O)[O-])cc2)c(=O)c1/C=C/C1Oc2ccccc2N1CCC(=O)O.[K+]. The van der Waals surface area contributed by atoms with Crippen LogP contribution in [0.1, 0.15) is 17.7 Å². The molecular formula is C22H20KN3O7S. The van der Waals surface area contributed by atoms with E-state index in [2.05, 4.69) is 5.10 Å². The fourth-order valence-corrected chi connectivity index (χ4v) is 4.08. The fourth-order valence-electron chi connectivity index (χ4n) is 3.61. The minimum Gasteiger partial charge on any atom is -0.744 e. The Morgan fingerprint density at radius 3 is 2.53 bits per heavy atom. The van der Waals surface area contributed by atoms with Crippen molar-refractivity contribution < 1.29 is 79.0 Å². The van der Waals surface area contributed by atoms with E-state index in [0.717, 1.165) is 17.8 Å². The fraction of sp³-hybridized carbons (Fsp3) is 0.182. The number of fused-ring (bicyclic) bond motifs is 1. The van der Waals surface area contributed by atoms with Crippen LogP contribution < -0.4 is 66.6 Å². The van der Waals surface area contributed by atoms with Gasteiger partial charge in [-0.1, -0.05) is 12.1 Å². The molecule has 1 unspecified atom stereocenters. The number of rotatable bonds is 7. The van der Waals surface area contributed by atoms with Gasteiger partial charge in [0.2, 0.25) is 0 Å². The number of anilines is 1. The molecule has 0 aliphatic carbocycles. The molecule has 10 nitrogen and oxygen atoms in total. The van der Waals surface area contributed by atoms with Gasteiger partial charge in [-0.25, -0.2) is 13.1 Å². The van der Waals surface area contributed by atoms with Gasteiger partial charge in [-0.15, -0.1) is 0 Å². The first-order valence-corrected chi connectivity index (χ1v) is 11.4. The number of ether oxygens (including phenoxy) is 1. The minimum atomic E-state index is -4.59. The second kappa shape index (κ2) is 10.6. The van der Waals surface area contributed by atoms with Crippen LogP contribution in [-0.4, -0.2) is 46.6 Å². The standard InChI is InChI=1S/C22H21N3O7S.K/c1-14-17(22(28)25(23-14)15-6-8-16(9-7-15)33(29,30)31)10-11-20-24(13-12-21(26)27)18-4-2-3-5-19(18)32-20;/h2-11,20,23H,12-13H2,1H3,(H,26,27)(H,29,30,31);/q;+1/p-1/b11-10+;. The molecule has 12 heteroatoms. The molecule has 2 aromatic carbocycles. The molecule has 34 heavy (non-hydrogen) atoms. The molecular weight excluding hydrogens is 489 g/mol. The molecule has 1 atom stereocenters. The summed E-state index contributed by atoms with van der Waals surface area (Å²) >= 11 is 0. The summed E-state index contributed by atoms with van der Waals surface area (Å²) in [4.78, 5) is 25.5. The Bertz CT molecular complexity index is 1390. The van der Waals surface area contributed by atoms with Crippen LogP contribution in [0.4, 0.5) is 5.69 Å². The maximum atomic E-state index is 13.0. The van der Waals surface area contributed by atoms with Gasteiger partial charge in [-0.2, -0.15) is 0 Å². The zero-order chi connectivity index (χ0) is 23.8. The van der Waals surface area contributed by atoms with E-state index in [1.807, 2.05) is 23.1 Å². The first-order valence-electron chi connectivity index (χ1n) is 9.95. The van der Waals surface area contributed by atoms with E-state index in [4.69, 9.17) is 9.84 Å². The van der Waals surface area contributed by atoms with Crippen LogP contribution in [-0.2, 0) is 14.9 Å². The molecule has 3 aromatic rings. The Labute approximate surface area is 238 Å². The molecule has 0 amide bonds. The van der Waals surface area contributed by atoms with E-state index in [9.17, 15) is 22.6 Å². The number of carboxylic acids is 1. The van der Waals surface area contributed by atoms with Gasteiger partial charge in [0.15, 0.2) is 6.23 Å². The van der Waals surface area contributed by atoms with E-state index in [-0.39, 0.29) is 74.8 Å². The minimum absolute atomic E-state index is 0. The van der Waals surface area contributed by atoms with Crippen molar-refractivity contribution in [2.45, 2.75) is 24.5 Å². The van der Waals surface area contributed by atoms with Crippen molar-refractivity contribution in [1.82, 2.24) is 9.78 Å². The van der Waals surface area contributed by atoms with Crippen LogP contribution in [0.25, 0.3) is 11.8 Å². The maximum Gasteiger partial charge on any atom is 1.00 e. The number of hydrogen-bond donors (Lipinski definition) is 2. The molecule has 1 aliphatic rings. The number of hydrogen-bond acceptors (Lipinski definition) is 7. The Kier molecular flexibility index (Phi) is 8.24. The van der Waals surface area contributed by atoms with Crippen molar-refractivity contribution in [2.75, 3.05) is 11.4 Å². The van der Waals surface area contributed by atoms with E-state index in [1.165, 1.54) is 16.8 Å². The normalized spacial score (nSPS) is 15.1. The van der Waals surface area contributed by atoms with E-state index >= 15 is 0 Å². The number of aliphatic carboxylic acids is 1. The van der Waals surface area contributed by atoms with Gasteiger partial charge in [0.05, 0.1) is 28.3 Å². The van der Waals surface area contributed by atoms with Crippen molar-refractivity contribution in [3.63, 3.8) is 0 Å². The predicted octanol–water partition coefficient (Wildman–Crippen LogP) is -0.905. The molecule has 172 valence electrons. The maximum absolute atomic E-state index is 13.0. The first kappa shape index (κ1) is 26.4. The second-order valence-corrected chi connectivity index (χ2v) is 8.79. The molecule has 1 aliphatic heterocycles. The van der Waals surface area contributed by atoms with Crippen LogP contribution in [0.5, 0.6) is 5.75 Å². The van der Waals surface area contributed by atoms with Gasteiger partial charge in [0.1, 0.15) is 15.9 Å². The number of carboxylic acid groups (broad SMARTS) is 1. The van der Waals surface area contributed by atoms with Crippen LogP contribution in [0.3, 0.4) is 0 Å². The van der Waals surface area contributed by atoms with Gasteiger partial charge < -0.3 is 19.3 Å². The number of nitrogens with zero attached hydrogens (tertiary/aromatic N) is 2. The topological polar surface area (TPSA) is 145 Å². The molecule has 4 rings (SSSR count). The van der Waals surface area contributed by atoms with Crippen molar-refractivity contribution in [3.8, 4) is 11.4 Å². The average Bonchev–Trinajstić information content (AvgIpc) is 3.26. The summed E-state index contributed by atoms with van der Waals surface area (Å²) in [6, 6.07) is 12.3. The quantitative estimate of drug-likeness (QED) is 0.308. The molecule has 0 spiro atoms. The van der Waals surface area contributed by atoms with E-state index in [0.29, 0.717) is 22.7 Å². The third-order valence-corrected chi connectivity index (χ3v) is 6.07. The molecule has 0 saturated heterocycles. The monoisotopic (exact) mass is 509 g/mol. The van der Waals surface area contributed by atoms with Crippen LogP contribution in [0, 0.1) is 6.92 Å². The molecule has 2 N–H and O–H groups in total. The molecule has 0 bridgehead atoms. The summed E-state index contributed by atoms with van der Waals surface area (Å²) in [5.41, 5.74) is 1.67. The van der Waals surface area contributed by atoms with Crippen molar-refractivity contribution in [3.05, 3.63) is 76.2 Å². The Hall–Kier alpha value is -2.19. The molecule has 0 fully saturated rings. The zero-order valence-corrected chi connectivity index (χ0v) is 22.4. The Balaban J connectivity index is 0.00000324. The van der Waals surface area contributed by atoms with Crippen LogP contribution in [0.15, 0.2) is 64.3 Å². The van der Waals surface area contributed by atoms with E-state index in [1.54, 1.807) is 25.1 Å². The summed E-state index contributed by atoms with van der Waals surface area (Å²) in [7, 11) is -4.59. The molecule has 2 heterocycles. The number of aromatic amines is 1. The summed E-state index contributed by atoms with van der Waals surface area (Å²) in [5, 5.41) is 12.0. The Morgan fingerprint density at radius 2 is 1.88 bits per heavy atom. The van der Waals surface area contributed by atoms with Gasteiger partial charge in [-0.3, -0.25) is 14.7 Å². The summed E-state index contributed by atoms with van der Waals surface area (Å²) in [6.07, 6.45) is 2.61. The number of H-pyrrole nitrogens is 1. The summed E-state index contributed by atoms with van der Waals surface area (Å²) in [6.45, 7) is 1.94. The summed E-state index contributed by atoms with van der Waals surface area (Å²) < 4.78 is 40.5. The summed E-state index contributed by atoms with van der Waals surface area (Å²) in [5.74, 6) is -0.309. The molecule has 0 saturated carbocycles. The number of aryl methyl sites for hydroxylation is 1. The van der Waals surface area contributed by atoms with Crippen LogP contribution in [0.2, 0.25) is 0 Å². The zero-order valence-electron chi connectivity index (χ0n) is 18.5. The van der Waals surface area contributed by atoms with Gasteiger partial charge >= 0.3 is 57.4 Å². The van der Waals surface area contributed by atoms with Gasteiger partial charge in [0, 0.05) is 12.2 Å². The largest absolute Gasteiger partial charge is 1.00 e. The number of benzene rings is 2. The first-order chi connectivity index (χ1) is 15.6. The third kappa shape index (κ3) is 5.54. The molecule has 0 radical (unpaired) electrons. The third-order valence-electron chi connectivity index (χ3n) is 5.22. The average molecular weight is 510 g/mol. The molecule has 1 aromatic heterocycles. The van der Waals surface area contributed by atoms with Crippen molar-refractivity contribution in [2.24, 2.45) is 0 Å². The number of para-hydroxylation sites is 2. The van der Waals surface area contributed by atoms with Gasteiger partial charge in [-0.05, 0) is 55.5 Å². The van der Waals surface area contributed by atoms with E-state index < -0.39 is 22.3 Å². The van der Waals surface area contributed by atoms with Crippen molar-refractivity contribution >= 4 is 27.9 Å². The second-order valence-electron chi connectivity index (χ2n) is 7.41.